The van der Waals surface area contributed by atoms with Crippen molar-refractivity contribution in [2.75, 3.05) is 5.32 Å². The molecule has 1 aromatic heterocycles. The van der Waals surface area contributed by atoms with Crippen molar-refractivity contribution >= 4 is 17.7 Å². The first kappa shape index (κ1) is 17.4. The first-order valence-corrected chi connectivity index (χ1v) is 7.68. The second-order valence-electron chi connectivity index (χ2n) is 5.45. The molecule has 3 N–H and O–H groups in total. The Morgan fingerprint density at radius 1 is 1.25 bits per heavy atom. The van der Waals surface area contributed by atoms with Crippen molar-refractivity contribution < 1.29 is 14.7 Å². The molecule has 7 heteroatoms. The Balaban J connectivity index is 1.89. The monoisotopic (exact) mass is 328 g/mol. The van der Waals surface area contributed by atoms with Crippen LogP contribution >= 0.6 is 0 Å². The van der Waals surface area contributed by atoms with Crippen molar-refractivity contribution in [2.45, 2.75) is 32.7 Å². The van der Waals surface area contributed by atoms with Gasteiger partial charge in [-0.15, -0.1) is 0 Å². The van der Waals surface area contributed by atoms with Crippen LogP contribution in [0.5, 0.6) is 0 Å². The highest BCUT2D eigenvalue weighted by molar-refractivity contribution is 5.89. The van der Waals surface area contributed by atoms with Gasteiger partial charge in [-0.25, -0.2) is 19.6 Å². The van der Waals surface area contributed by atoms with Crippen LogP contribution in [0.2, 0.25) is 0 Å². The second-order valence-corrected chi connectivity index (χ2v) is 5.45. The highest BCUT2D eigenvalue weighted by atomic mass is 16.4. The SMILES string of the molecule is CCC(C)c1ncc(NC(=O)NCc2cccc(C(=O)O)c2)cn1. The molecule has 1 aromatic carbocycles. The van der Waals surface area contributed by atoms with Gasteiger partial charge in [-0.2, -0.15) is 0 Å². The molecule has 2 aromatic rings. The fourth-order valence-corrected chi connectivity index (χ4v) is 2.01. The minimum absolute atomic E-state index is 0.184. The van der Waals surface area contributed by atoms with Gasteiger partial charge in [-0.1, -0.05) is 26.0 Å². The van der Waals surface area contributed by atoms with Crippen molar-refractivity contribution in [1.82, 2.24) is 15.3 Å². The predicted octanol–water partition coefficient (Wildman–Crippen LogP) is 3.01. The molecule has 7 nitrogen and oxygen atoms in total. The zero-order valence-electron chi connectivity index (χ0n) is 13.6. The highest BCUT2D eigenvalue weighted by Crippen LogP contribution is 2.14. The number of carboxylic acid groups (broad SMARTS) is 1. The number of benzene rings is 1. The maximum absolute atomic E-state index is 11.9. The molecule has 24 heavy (non-hydrogen) atoms. The van der Waals surface area contributed by atoms with Gasteiger partial charge in [0.2, 0.25) is 0 Å². The summed E-state index contributed by atoms with van der Waals surface area (Å²) in [5.74, 6) is 0.0168. The number of urea groups is 1. The van der Waals surface area contributed by atoms with Gasteiger partial charge in [-0.05, 0) is 24.1 Å². The molecule has 0 fully saturated rings. The number of hydrogen-bond donors (Lipinski definition) is 3. The van der Waals surface area contributed by atoms with E-state index in [1.54, 1.807) is 24.5 Å². The van der Waals surface area contributed by atoms with Crippen LogP contribution in [0.15, 0.2) is 36.7 Å². The van der Waals surface area contributed by atoms with Crippen molar-refractivity contribution in [3.8, 4) is 0 Å². The van der Waals surface area contributed by atoms with E-state index in [1.165, 1.54) is 12.1 Å². The van der Waals surface area contributed by atoms with Gasteiger partial charge in [0.25, 0.3) is 0 Å². The maximum atomic E-state index is 11.9. The van der Waals surface area contributed by atoms with Crippen molar-refractivity contribution in [3.05, 3.63) is 53.6 Å². The third-order valence-electron chi connectivity index (χ3n) is 3.61. The molecule has 0 radical (unpaired) electrons. The van der Waals surface area contributed by atoms with Crippen LogP contribution in [0.3, 0.4) is 0 Å². The Bertz CT molecular complexity index is 716. The first-order chi connectivity index (χ1) is 11.5. The molecule has 1 unspecified atom stereocenters. The van der Waals surface area contributed by atoms with E-state index in [0.717, 1.165) is 12.2 Å². The van der Waals surface area contributed by atoms with Gasteiger partial charge in [0.1, 0.15) is 5.82 Å². The summed E-state index contributed by atoms with van der Waals surface area (Å²) in [5, 5.41) is 14.3. The summed E-state index contributed by atoms with van der Waals surface area (Å²) in [4.78, 5) is 31.3. The van der Waals surface area contributed by atoms with Crippen LogP contribution < -0.4 is 10.6 Å². The summed E-state index contributed by atoms with van der Waals surface area (Å²) in [6.07, 6.45) is 4.08. The van der Waals surface area contributed by atoms with Gasteiger partial charge >= 0.3 is 12.0 Å². The molecular weight excluding hydrogens is 308 g/mol. The van der Waals surface area contributed by atoms with E-state index in [9.17, 15) is 9.59 Å². The molecular formula is C17H20N4O3. The van der Waals surface area contributed by atoms with Crippen LogP contribution in [-0.2, 0) is 6.54 Å². The number of aromatic carboxylic acids is 1. The Hall–Kier alpha value is -2.96. The summed E-state index contributed by atoms with van der Waals surface area (Å²) in [5.41, 5.74) is 1.39. The van der Waals surface area contributed by atoms with Gasteiger partial charge in [0.05, 0.1) is 23.6 Å². The molecule has 0 saturated carbocycles. The summed E-state index contributed by atoms with van der Waals surface area (Å²) in [6.45, 7) is 4.33. The number of amides is 2. The van der Waals surface area contributed by atoms with Crippen molar-refractivity contribution in [3.63, 3.8) is 0 Å². The van der Waals surface area contributed by atoms with Crippen LogP contribution in [-0.4, -0.2) is 27.1 Å². The number of rotatable bonds is 6. The quantitative estimate of drug-likeness (QED) is 0.756. The molecule has 0 bridgehead atoms. The molecule has 0 aliphatic carbocycles. The van der Waals surface area contributed by atoms with Gasteiger partial charge in [0.15, 0.2) is 0 Å². The molecule has 0 aliphatic heterocycles. The lowest BCUT2D eigenvalue weighted by atomic mass is 10.1. The van der Waals surface area contributed by atoms with Crippen LogP contribution in [0, 0.1) is 0 Å². The molecule has 1 atom stereocenters. The zero-order chi connectivity index (χ0) is 17.5. The summed E-state index contributed by atoms with van der Waals surface area (Å²) in [6, 6.07) is 6.00. The first-order valence-electron chi connectivity index (χ1n) is 7.68. The lowest BCUT2D eigenvalue weighted by molar-refractivity contribution is 0.0696. The predicted molar refractivity (Wildman–Crippen MR) is 90.0 cm³/mol. The van der Waals surface area contributed by atoms with E-state index in [1.807, 2.05) is 6.92 Å². The zero-order valence-corrected chi connectivity index (χ0v) is 13.6. The Kier molecular flexibility index (Phi) is 5.83. The number of anilines is 1. The molecule has 0 spiro atoms. The van der Waals surface area contributed by atoms with Crippen molar-refractivity contribution in [1.29, 1.82) is 0 Å². The van der Waals surface area contributed by atoms with E-state index in [2.05, 4.69) is 27.5 Å². The average Bonchev–Trinajstić information content (AvgIpc) is 2.60. The van der Waals surface area contributed by atoms with Crippen LogP contribution in [0.25, 0.3) is 0 Å². The topological polar surface area (TPSA) is 104 Å². The van der Waals surface area contributed by atoms with Crippen LogP contribution in [0.4, 0.5) is 10.5 Å². The maximum Gasteiger partial charge on any atom is 0.335 e. The number of hydrogen-bond acceptors (Lipinski definition) is 4. The van der Waals surface area contributed by atoms with E-state index in [4.69, 9.17) is 5.11 Å². The molecule has 1 heterocycles. The minimum Gasteiger partial charge on any atom is -0.478 e. The van der Waals surface area contributed by atoms with Crippen LogP contribution in [0.1, 0.15) is 47.9 Å². The second kappa shape index (κ2) is 8.05. The lowest BCUT2D eigenvalue weighted by Gasteiger charge is -2.10. The third kappa shape index (κ3) is 4.77. The number of aromatic nitrogens is 2. The lowest BCUT2D eigenvalue weighted by Crippen LogP contribution is -2.28. The number of nitrogens with one attached hydrogen (secondary N) is 2. The largest absolute Gasteiger partial charge is 0.478 e. The van der Waals surface area contributed by atoms with E-state index in [-0.39, 0.29) is 18.0 Å². The molecule has 126 valence electrons. The summed E-state index contributed by atoms with van der Waals surface area (Å²) in [7, 11) is 0. The van der Waals surface area contributed by atoms with E-state index in [0.29, 0.717) is 11.3 Å². The van der Waals surface area contributed by atoms with E-state index < -0.39 is 12.0 Å². The molecule has 2 rings (SSSR count). The Morgan fingerprint density at radius 2 is 1.96 bits per heavy atom. The van der Waals surface area contributed by atoms with E-state index >= 15 is 0 Å². The number of nitrogens with zero attached hydrogens (tertiary/aromatic N) is 2. The summed E-state index contributed by atoms with van der Waals surface area (Å²) < 4.78 is 0. The molecule has 2 amide bonds. The number of carbonyl (C=O) groups is 2. The van der Waals surface area contributed by atoms with Gasteiger partial charge in [0, 0.05) is 12.5 Å². The van der Waals surface area contributed by atoms with Gasteiger partial charge in [-0.3, -0.25) is 0 Å². The fourth-order valence-electron chi connectivity index (χ4n) is 2.01. The minimum atomic E-state index is -1.00. The Labute approximate surface area is 140 Å². The van der Waals surface area contributed by atoms with Crippen molar-refractivity contribution in [2.24, 2.45) is 0 Å². The Morgan fingerprint density at radius 3 is 2.58 bits per heavy atom. The molecule has 0 saturated heterocycles. The normalized spacial score (nSPS) is 11.6. The third-order valence-corrected chi connectivity index (χ3v) is 3.61. The average molecular weight is 328 g/mol. The van der Waals surface area contributed by atoms with Gasteiger partial charge < -0.3 is 15.7 Å². The standard InChI is InChI=1S/C17H20N4O3/c1-3-11(2)15-18-9-14(10-19-15)21-17(24)20-8-12-5-4-6-13(7-12)16(22)23/h4-7,9-11H,3,8H2,1-2H3,(H,22,23)(H2,20,21,24). The highest BCUT2D eigenvalue weighted by Gasteiger charge is 2.08. The fraction of sp³-hybridized carbons (Fsp3) is 0.294. The summed E-state index contributed by atoms with van der Waals surface area (Å²) >= 11 is 0. The smallest absolute Gasteiger partial charge is 0.335 e. The number of carboxylic acids is 1. The molecule has 0 aliphatic rings. The number of carbonyl (C=O) groups excluding carboxylic acids is 1.